The molecule has 1 aliphatic carbocycles. The van der Waals surface area contributed by atoms with Crippen molar-refractivity contribution < 1.29 is 4.52 Å². The average molecular weight is 294 g/mol. The van der Waals surface area contributed by atoms with E-state index < -0.39 is 0 Å². The molecule has 0 spiro atoms. The Morgan fingerprint density at radius 1 is 1.41 bits per heavy atom. The Labute approximate surface area is 107 Å². The predicted octanol–water partition coefficient (Wildman–Crippen LogP) is 3.03. The average Bonchev–Trinajstić information content (AvgIpc) is 3.00. The molecule has 0 amide bonds. The summed E-state index contributed by atoms with van der Waals surface area (Å²) in [7, 11) is 0. The second kappa shape index (κ2) is 4.14. The first-order chi connectivity index (χ1) is 8.24. The summed E-state index contributed by atoms with van der Waals surface area (Å²) in [5, 5.41) is 3.99. The SMILES string of the molecule is Nc1c(Br)cccc1-c1nc(CC2CC2)no1. The summed E-state index contributed by atoms with van der Waals surface area (Å²) in [5.41, 5.74) is 7.38. The summed E-state index contributed by atoms with van der Waals surface area (Å²) in [6, 6.07) is 5.68. The summed E-state index contributed by atoms with van der Waals surface area (Å²) in [5.74, 6) is 2.03. The van der Waals surface area contributed by atoms with Gasteiger partial charge in [0.1, 0.15) is 0 Å². The summed E-state index contributed by atoms with van der Waals surface area (Å²) < 4.78 is 6.10. The van der Waals surface area contributed by atoms with Gasteiger partial charge in [0.25, 0.3) is 5.89 Å². The molecule has 1 aliphatic rings. The molecule has 1 saturated carbocycles. The standard InChI is InChI=1S/C12H12BrN3O/c13-9-3-1-2-8(11(9)14)12-15-10(16-17-12)6-7-4-5-7/h1-3,7H,4-6,14H2. The van der Waals surface area contributed by atoms with Crippen LogP contribution < -0.4 is 5.73 Å². The first-order valence-electron chi connectivity index (χ1n) is 5.61. The van der Waals surface area contributed by atoms with Crippen molar-refractivity contribution in [2.45, 2.75) is 19.3 Å². The van der Waals surface area contributed by atoms with Gasteiger partial charge in [-0.05, 0) is 46.8 Å². The second-order valence-corrected chi connectivity index (χ2v) is 5.22. The van der Waals surface area contributed by atoms with Gasteiger partial charge >= 0.3 is 0 Å². The lowest BCUT2D eigenvalue weighted by Gasteiger charge is -2.01. The molecule has 2 N–H and O–H groups in total. The summed E-state index contributed by atoms with van der Waals surface area (Å²) in [6.07, 6.45) is 3.48. The summed E-state index contributed by atoms with van der Waals surface area (Å²) in [6.45, 7) is 0. The van der Waals surface area contributed by atoms with Crippen LogP contribution in [-0.4, -0.2) is 10.1 Å². The molecule has 1 aromatic carbocycles. The van der Waals surface area contributed by atoms with E-state index >= 15 is 0 Å². The Kier molecular flexibility index (Phi) is 2.63. The topological polar surface area (TPSA) is 64.9 Å². The number of aromatic nitrogens is 2. The number of halogens is 1. The van der Waals surface area contributed by atoms with Gasteiger partial charge in [-0.3, -0.25) is 0 Å². The Bertz CT molecular complexity index is 548. The van der Waals surface area contributed by atoms with E-state index in [1.165, 1.54) is 12.8 Å². The number of rotatable bonds is 3. The van der Waals surface area contributed by atoms with Crippen molar-refractivity contribution in [3.8, 4) is 11.5 Å². The van der Waals surface area contributed by atoms with Crippen molar-refractivity contribution >= 4 is 21.6 Å². The van der Waals surface area contributed by atoms with Crippen LogP contribution in [0.5, 0.6) is 0 Å². The van der Waals surface area contributed by atoms with Gasteiger partial charge in [0.05, 0.1) is 11.3 Å². The lowest BCUT2D eigenvalue weighted by molar-refractivity contribution is 0.421. The zero-order valence-corrected chi connectivity index (χ0v) is 10.8. The molecular weight excluding hydrogens is 282 g/mol. The molecule has 1 aromatic heterocycles. The summed E-state index contributed by atoms with van der Waals surface area (Å²) >= 11 is 3.39. The number of nitrogens with zero attached hydrogens (tertiary/aromatic N) is 2. The first-order valence-corrected chi connectivity index (χ1v) is 6.40. The Morgan fingerprint density at radius 2 is 2.24 bits per heavy atom. The van der Waals surface area contributed by atoms with Gasteiger partial charge < -0.3 is 10.3 Å². The molecule has 1 heterocycles. The minimum absolute atomic E-state index is 0.499. The molecule has 0 atom stereocenters. The molecule has 1 fully saturated rings. The van der Waals surface area contributed by atoms with Crippen LogP contribution in [0.2, 0.25) is 0 Å². The minimum Gasteiger partial charge on any atom is -0.397 e. The van der Waals surface area contributed by atoms with Gasteiger partial charge in [-0.15, -0.1) is 0 Å². The van der Waals surface area contributed by atoms with E-state index in [9.17, 15) is 0 Å². The van der Waals surface area contributed by atoms with Crippen LogP contribution in [0.25, 0.3) is 11.5 Å². The van der Waals surface area contributed by atoms with E-state index in [2.05, 4.69) is 26.1 Å². The van der Waals surface area contributed by atoms with E-state index in [0.29, 0.717) is 11.6 Å². The van der Waals surface area contributed by atoms with Gasteiger partial charge in [-0.1, -0.05) is 11.2 Å². The van der Waals surface area contributed by atoms with Crippen molar-refractivity contribution in [3.05, 3.63) is 28.5 Å². The normalized spacial score (nSPS) is 15.1. The summed E-state index contributed by atoms with van der Waals surface area (Å²) in [4.78, 5) is 4.38. The molecule has 17 heavy (non-hydrogen) atoms. The highest BCUT2D eigenvalue weighted by Gasteiger charge is 2.24. The van der Waals surface area contributed by atoms with Crippen LogP contribution in [-0.2, 0) is 6.42 Å². The zero-order valence-electron chi connectivity index (χ0n) is 9.19. The highest BCUT2D eigenvalue weighted by atomic mass is 79.9. The molecule has 4 nitrogen and oxygen atoms in total. The van der Waals surface area contributed by atoms with Gasteiger partial charge in [-0.25, -0.2) is 0 Å². The fourth-order valence-corrected chi connectivity index (χ4v) is 2.12. The lowest BCUT2D eigenvalue weighted by atomic mass is 10.2. The molecule has 0 saturated heterocycles. The maximum atomic E-state index is 5.96. The molecular formula is C12H12BrN3O. The van der Waals surface area contributed by atoms with Crippen LogP contribution in [0.3, 0.4) is 0 Å². The molecule has 0 bridgehead atoms. The molecule has 2 aromatic rings. The lowest BCUT2D eigenvalue weighted by Crippen LogP contribution is -1.92. The molecule has 0 aliphatic heterocycles. The van der Waals surface area contributed by atoms with Gasteiger partial charge in [0.15, 0.2) is 5.82 Å². The fraction of sp³-hybridized carbons (Fsp3) is 0.333. The second-order valence-electron chi connectivity index (χ2n) is 4.36. The van der Waals surface area contributed by atoms with E-state index in [4.69, 9.17) is 10.3 Å². The van der Waals surface area contributed by atoms with Crippen LogP contribution in [0.1, 0.15) is 18.7 Å². The number of nitrogens with two attached hydrogens (primary N) is 1. The first kappa shape index (κ1) is 10.8. The molecule has 3 rings (SSSR count). The number of hydrogen-bond acceptors (Lipinski definition) is 4. The van der Waals surface area contributed by atoms with E-state index in [-0.39, 0.29) is 0 Å². The Morgan fingerprint density at radius 3 is 3.00 bits per heavy atom. The minimum atomic E-state index is 0.499. The van der Waals surface area contributed by atoms with Crippen molar-refractivity contribution in [1.29, 1.82) is 0 Å². The maximum absolute atomic E-state index is 5.96. The third-order valence-corrected chi connectivity index (χ3v) is 3.61. The smallest absolute Gasteiger partial charge is 0.260 e. The zero-order chi connectivity index (χ0) is 11.8. The van der Waals surface area contributed by atoms with E-state index in [1.54, 1.807) is 0 Å². The number of nitrogen functional groups attached to an aromatic ring is 1. The number of para-hydroxylation sites is 1. The predicted molar refractivity (Wildman–Crippen MR) is 68.3 cm³/mol. The van der Waals surface area contributed by atoms with Crippen LogP contribution >= 0.6 is 15.9 Å². The van der Waals surface area contributed by atoms with E-state index in [0.717, 1.165) is 28.2 Å². The number of anilines is 1. The maximum Gasteiger partial charge on any atom is 0.260 e. The number of benzene rings is 1. The van der Waals surface area contributed by atoms with Crippen LogP contribution in [0, 0.1) is 5.92 Å². The van der Waals surface area contributed by atoms with Gasteiger partial charge in [0.2, 0.25) is 0 Å². The number of hydrogen-bond donors (Lipinski definition) is 1. The Hall–Kier alpha value is -1.36. The highest BCUT2D eigenvalue weighted by Crippen LogP contribution is 2.33. The Balaban J connectivity index is 1.91. The highest BCUT2D eigenvalue weighted by molar-refractivity contribution is 9.10. The van der Waals surface area contributed by atoms with Crippen molar-refractivity contribution in [3.63, 3.8) is 0 Å². The van der Waals surface area contributed by atoms with Gasteiger partial charge in [-0.2, -0.15) is 4.98 Å². The van der Waals surface area contributed by atoms with Crippen molar-refractivity contribution in [1.82, 2.24) is 10.1 Å². The van der Waals surface area contributed by atoms with Crippen molar-refractivity contribution in [2.24, 2.45) is 5.92 Å². The molecule has 0 radical (unpaired) electrons. The van der Waals surface area contributed by atoms with E-state index in [1.807, 2.05) is 18.2 Å². The largest absolute Gasteiger partial charge is 0.397 e. The third-order valence-electron chi connectivity index (χ3n) is 2.92. The quantitative estimate of drug-likeness (QED) is 0.884. The van der Waals surface area contributed by atoms with Crippen LogP contribution in [0.4, 0.5) is 5.69 Å². The molecule has 0 unspecified atom stereocenters. The monoisotopic (exact) mass is 293 g/mol. The third kappa shape index (κ3) is 2.20. The van der Waals surface area contributed by atoms with Crippen molar-refractivity contribution in [2.75, 3.05) is 5.73 Å². The molecule has 88 valence electrons. The van der Waals surface area contributed by atoms with Crippen LogP contribution in [0.15, 0.2) is 27.2 Å². The molecule has 5 heteroatoms. The fourth-order valence-electron chi connectivity index (χ4n) is 1.75. The van der Waals surface area contributed by atoms with Gasteiger partial charge in [0, 0.05) is 10.9 Å².